The van der Waals surface area contributed by atoms with Gasteiger partial charge in [0.15, 0.2) is 0 Å². The zero-order valence-electron chi connectivity index (χ0n) is 10.9. The highest BCUT2D eigenvalue weighted by Crippen LogP contribution is 2.30. The molecule has 17 heavy (non-hydrogen) atoms. The number of hydrogen-bond acceptors (Lipinski definition) is 5. The van der Waals surface area contributed by atoms with Crippen molar-refractivity contribution in [1.29, 1.82) is 0 Å². The summed E-state index contributed by atoms with van der Waals surface area (Å²) in [5.74, 6) is 1.08. The van der Waals surface area contributed by atoms with Crippen LogP contribution in [0.25, 0.3) is 0 Å². The van der Waals surface area contributed by atoms with Crippen LogP contribution in [0, 0.1) is 5.92 Å². The summed E-state index contributed by atoms with van der Waals surface area (Å²) < 4.78 is 0. The molecule has 4 nitrogen and oxygen atoms in total. The number of anilines is 1. The summed E-state index contributed by atoms with van der Waals surface area (Å²) >= 11 is 1.71. The molecule has 0 spiro atoms. The monoisotopic (exact) mass is 254 g/mol. The molecule has 0 unspecified atom stereocenters. The van der Waals surface area contributed by atoms with Crippen LogP contribution in [0.5, 0.6) is 0 Å². The maximum atomic E-state index is 6.17. The molecular formula is C12H22N4S. The summed E-state index contributed by atoms with van der Waals surface area (Å²) in [5, 5.41) is 10.7. The van der Waals surface area contributed by atoms with Crippen molar-refractivity contribution in [3.05, 3.63) is 5.01 Å². The Hall–Kier alpha value is -0.680. The second-order valence-electron chi connectivity index (χ2n) is 5.20. The molecule has 5 heteroatoms. The van der Waals surface area contributed by atoms with Gasteiger partial charge in [0.05, 0.1) is 0 Å². The van der Waals surface area contributed by atoms with Gasteiger partial charge in [-0.05, 0) is 12.3 Å². The predicted molar refractivity (Wildman–Crippen MR) is 72.6 cm³/mol. The van der Waals surface area contributed by atoms with Gasteiger partial charge in [-0.15, -0.1) is 10.2 Å². The average Bonchev–Trinajstić information content (AvgIpc) is 2.86. The highest BCUT2D eigenvalue weighted by molar-refractivity contribution is 7.15. The van der Waals surface area contributed by atoms with Gasteiger partial charge in [0.1, 0.15) is 5.01 Å². The quantitative estimate of drug-likeness (QED) is 0.895. The first kappa shape index (κ1) is 12.8. The molecule has 1 aromatic rings. The van der Waals surface area contributed by atoms with E-state index < -0.39 is 0 Å². The number of hydrogen-bond donors (Lipinski definition) is 1. The van der Waals surface area contributed by atoms with Gasteiger partial charge >= 0.3 is 0 Å². The molecule has 96 valence electrons. The zero-order chi connectivity index (χ0) is 12.4. The van der Waals surface area contributed by atoms with E-state index >= 15 is 0 Å². The fraction of sp³-hybridized carbons (Fsp3) is 0.833. The fourth-order valence-electron chi connectivity index (χ4n) is 2.32. The van der Waals surface area contributed by atoms with E-state index in [1.54, 1.807) is 11.3 Å². The highest BCUT2D eigenvalue weighted by Gasteiger charge is 2.31. The first-order valence-electron chi connectivity index (χ1n) is 6.45. The smallest absolute Gasteiger partial charge is 0.208 e. The molecule has 2 heterocycles. The minimum atomic E-state index is 0.293. The van der Waals surface area contributed by atoms with Crippen LogP contribution in [-0.4, -0.2) is 29.3 Å². The lowest BCUT2D eigenvalue weighted by Gasteiger charge is -2.13. The van der Waals surface area contributed by atoms with Gasteiger partial charge in [-0.2, -0.15) is 0 Å². The second kappa shape index (κ2) is 5.31. The van der Waals surface area contributed by atoms with Crippen LogP contribution in [-0.2, 0) is 0 Å². The fourth-order valence-corrected chi connectivity index (χ4v) is 3.18. The van der Waals surface area contributed by atoms with Crippen molar-refractivity contribution in [1.82, 2.24) is 10.2 Å². The minimum Gasteiger partial charge on any atom is -0.345 e. The molecule has 2 rings (SSSR count). The molecule has 0 radical (unpaired) electrons. The summed E-state index contributed by atoms with van der Waals surface area (Å²) in [6.45, 7) is 8.50. The first-order chi connectivity index (χ1) is 8.11. The topological polar surface area (TPSA) is 55.0 Å². The lowest BCUT2D eigenvalue weighted by Crippen LogP contribution is -2.29. The third-order valence-corrected chi connectivity index (χ3v) is 4.63. The molecule has 2 atom stereocenters. The summed E-state index contributed by atoms with van der Waals surface area (Å²) in [6.07, 6.45) is 2.42. The summed E-state index contributed by atoms with van der Waals surface area (Å²) in [5.41, 5.74) is 6.17. The summed E-state index contributed by atoms with van der Waals surface area (Å²) in [6, 6.07) is 0.293. The van der Waals surface area contributed by atoms with Gasteiger partial charge in [0.25, 0.3) is 0 Å². The Morgan fingerprint density at radius 1 is 1.41 bits per heavy atom. The molecule has 0 saturated carbocycles. The normalized spacial score (nSPS) is 24.9. The van der Waals surface area contributed by atoms with Crippen LogP contribution in [0.4, 0.5) is 5.13 Å². The highest BCUT2D eigenvalue weighted by atomic mass is 32.1. The lowest BCUT2D eigenvalue weighted by atomic mass is 9.99. The van der Waals surface area contributed by atoms with Crippen LogP contribution in [0.3, 0.4) is 0 Å². The number of nitrogens with two attached hydrogens (primary N) is 1. The van der Waals surface area contributed by atoms with Crippen molar-refractivity contribution in [3.63, 3.8) is 0 Å². The van der Waals surface area contributed by atoms with Crippen molar-refractivity contribution in [2.75, 3.05) is 18.0 Å². The minimum absolute atomic E-state index is 0.293. The maximum Gasteiger partial charge on any atom is 0.208 e. The van der Waals surface area contributed by atoms with Gasteiger partial charge in [-0.25, -0.2) is 0 Å². The van der Waals surface area contributed by atoms with E-state index in [9.17, 15) is 0 Å². The zero-order valence-corrected chi connectivity index (χ0v) is 11.7. The molecule has 1 saturated heterocycles. The van der Waals surface area contributed by atoms with Crippen molar-refractivity contribution < 1.29 is 0 Å². The van der Waals surface area contributed by atoms with Crippen LogP contribution in [0.2, 0.25) is 0 Å². The first-order valence-corrected chi connectivity index (χ1v) is 7.27. The van der Waals surface area contributed by atoms with E-state index in [0.29, 0.717) is 17.9 Å². The Morgan fingerprint density at radius 3 is 2.76 bits per heavy atom. The Morgan fingerprint density at radius 2 is 2.18 bits per heavy atom. The molecule has 1 aliphatic heterocycles. The van der Waals surface area contributed by atoms with Gasteiger partial charge in [-0.1, -0.05) is 38.5 Å². The number of nitrogens with zero attached hydrogens (tertiary/aromatic N) is 3. The molecule has 0 amide bonds. The van der Waals surface area contributed by atoms with E-state index in [1.165, 1.54) is 12.8 Å². The Labute approximate surface area is 107 Å². The van der Waals surface area contributed by atoms with E-state index in [4.69, 9.17) is 5.73 Å². The molecule has 0 bridgehead atoms. The molecular weight excluding hydrogens is 232 g/mol. The van der Waals surface area contributed by atoms with E-state index in [0.717, 1.165) is 23.2 Å². The third-order valence-electron chi connectivity index (χ3n) is 3.35. The van der Waals surface area contributed by atoms with E-state index in [1.807, 2.05) is 0 Å². The van der Waals surface area contributed by atoms with Crippen molar-refractivity contribution in [2.45, 2.75) is 45.6 Å². The largest absolute Gasteiger partial charge is 0.345 e. The lowest BCUT2D eigenvalue weighted by molar-refractivity contribution is 0.472. The Balaban J connectivity index is 2.03. The van der Waals surface area contributed by atoms with Gasteiger partial charge in [0.2, 0.25) is 5.13 Å². The van der Waals surface area contributed by atoms with Crippen molar-refractivity contribution in [2.24, 2.45) is 11.7 Å². The maximum absolute atomic E-state index is 6.17. The third kappa shape index (κ3) is 2.77. The Bertz CT molecular complexity index is 363. The van der Waals surface area contributed by atoms with E-state index in [-0.39, 0.29) is 0 Å². The summed E-state index contributed by atoms with van der Waals surface area (Å²) in [7, 11) is 0. The Kier molecular flexibility index (Phi) is 3.99. The van der Waals surface area contributed by atoms with Crippen LogP contribution in [0.1, 0.15) is 44.5 Å². The standard InChI is InChI=1S/C12H22N4S/c1-4-5-9-6-16(7-10(9)13)12-15-14-11(17-12)8(2)3/h8-10H,4-7,13H2,1-3H3/t9-,10-/m0/s1. The van der Waals surface area contributed by atoms with Gasteiger partial charge in [0, 0.05) is 25.0 Å². The van der Waals surface area contributed by atoms with Gasteiger partial charge < -0.3 is 10.6 Å². The average molecular weight is 254 g/mol. The van der Waals surface area contributed by atoms with Crippen molar-refractivity contribution in [3.8, 4) is 0 Å². The van der Waals surface area contributed by atoms with E-state index in [2.05, 4.69) is 35.9 Å². The summed E-state index contributed by atoms with van der Waals surface area (Å²) in [4.78, 5) is 2.30. The second-order valence-corrected chi connectivity index (χ2v) is 6.18. The SMILES string of the molecule is CCC[C@H]1CN(c2nnc(C(C)C)s2)C[C@@H]1N. The number of rotatable bonds is 4. The molecule has 0 aromatic carbocycles. The van der Waals surface area contributed by atoms with Crippen LogP contribution >= 0.6 is 11.3 Å². The molecule has 2 N–H and O–H groups in total. The van der Waals surface area contributed by atoms with Crippen molar-refractivity contribution >= 4 is 16.5 Å². The molecule has 0 aliphatic carbocycles. The molecule has 1 aliphatic rings. The molecule has 1 fully saturated rings. The number of aromatic nitrogens is 2. The molecule has 1 aromatic heterocycles. The van der Waals surface area contributed by atoms with Crippen LogP contribution in [0.15, 0.2) is 0 Å². The predicted octanol–water partition coefficient (Wildman–Crippen LogP) is 2.23. The van der Waals surface area contributed by atoms with Gasteiger partial charge in [-0.3, -0.25) is 0 Å². The van der Waals surface area contributed by atoms with Crippen LogP contribution < -0.4 is 10.6 Å².